The maximum Gasteiger partial charge on any atom is 0.0158 e. The van der Waals surface area contributed by atoms with Gasteiger partial charge in [0, 0.05) is 5.41 Å². The SMILES string of the molecule is CC1(C)c2ccccc2-c2c(C/C=C/c3c4ccccc4c(-c4ccccc4)c4c3ccc3ccccc34)cccc21. The number of hydrogen-bond donors (Lipinski definition) is 0. The van der Waals surface area contributed by atoms with Crippen molar-refractivity contribution in [3.8, 4) is 22.3 Å². The van der Waals surface area contributed by atoms with E-state index >= 15 is 0 Å². The number of rotatable bonds is 4. The van der Waals surface area contributed by atoms with E-state index in [-0.39, 0.29) is 5.41 Å². The van der Waals surface area contributed by atoms with Crippen LogP contribution in [0.15, 0.2) is 140 Å². The van der Waals surface area contributed by atoms with Crippen molar-refractivity contribution in [2.45, 2.75) is 25.7 Å². The first-order valence-corrected chi connectivity index (χ1v) is 14.9. The maximum absolute atomic E-state index is 2.38. The minimum absolute atomic E-state index is 0.0202. The molecule has 0 heterocycles. The smallest absolute Gasteiger partial charge is 0.0158 e. The Labute approximate surface area is 247 Å². The van der Waals surface area contributed by atoms with Gasteiger partial charge in [-0.05, 0) is 83.2 Å². The lowest BCUT2D eigenvalue weighted by Crippen LogP contribution is -2.14. The fourth-order valence-electron chi connectivity index (χ4n) is 7.37. The van der Waals surface area contributed by atoms with Crippen LogP contribution in [-0.4, -0.2) is 0 Å². The van der Waals surface area contributed by atoms with E-state index in [1.807, 2.05) is 0 Å². The maximum atomic E-state index is 2.38. The molecule has 7 aromatic rings. The predicted octanol–water partition coefficient (Wildman–Crippen LogP) is 11.4. The van der Waals surface area contributed by atoms with Gasteiger partial charge in [0.2, 0.25) is 0 Å². The highest BCUT2D eigenvalue weighted by atomic mass is 14.4. The Morgan fingerprint density at radius 2 is 1.21 bits per heavy atom. The molecule has 0 heteroatoms. The summed E-state index contributed by atoms with van der Waals surface area (Å²) in [6, 6.07) is 49.0. The van der Waals surface area contributed by atoms with Gasteiger partial charge < -0.3 is 0 Å². The fraction of sp³-hybridized carbons (Fsp3) is 0.0952. The van der Waals surface area contributed by atoms with E-state index in [0.29, 0.717) is 0 Å². The zero-order valence-corrected chi connectivity index (χ0v) is 24.1. The molecule has 0 saturated carbocycles. The Bertz CT molecular complexity index is 2180. The van der Waals surface area contributed by atoms with Gasteiger partial charge in [0.15, 0.2) is 0 Å². The van der Waals surface area contributed by atoms with Gasteiger partial charge in [-0.25, -0.2) is 0 Å². The highest BCUT2D eigenvalue weighted by Crippen LogP contribution is 2.50. The van der Waals surface area contributed by atoms with Crippen LogP contribution < -0.4 is 0 Å². The van der Waals surface area contributed by atoms with E-state index in [1.54, 1.807) is 0 Å². The van der Waals surface area contributed by atoms with Gasteiger partial charge in [-0.3, -0.25) is 0 Å². The minimum atomic E-state index is 0.0202. The first kappa shape index (κ1) is 24.8. The van der Waals surface area contributed by atoms with E-state index in [0.717, 1.165) is 6.42 Å². The van der Waals surface area contributed by atoms with Crippen LogP contribution in [0.5, 0.6) is 0 Å². The summed E-state index contributed by atoms with van der Waals surface area (Å²) in [6.45, 7) is 4.71. The van der Waals surface area contributed by atoms with E-state index < -0.39 is 0 Å². The van der Waals surface area contributed by atoms with Gasteiger partial charge in [-0.15, -0.1) is 0 Å². The third-order valence-electron chi connectivity index (χ3n) is 9.33. The summed E-state index contributed by atoms with van der Waals surface area (Å²) in [4.78, 5) is 0. The second-order valence-corrected chi connectivity index (χ2v) is 12.0. The average Bonchev–Trinajstić information content (AvgIpc) is 3.28. The van der Waals surface area contributed by atoms with Crippen LogP contribution in [0.2, 0.25) is 0 Å². The highest BCUT2D eigenvalue weighted by molar-refractivity contribution is 6.25. The summed E-state index contributed by atoms with van der Waals surface area (Å²) in [5.74, 6) is 0. The molecule has 42 heavy (non-hydrogen) atoms. The fourth-order valence-corrected chi connectivity index (χ4v) is 7.37. The molecule has 0 nitrogen and oxygen atoms in total. The quantitative estimate of drug-likeness (QED) is 0.155. The number of hydrogen-bond acceptors (Lipinski definition) is 0. The molecular formula is C42H32. The number of fused-ring (bicyclic) bond motifs is 7. The minimum Gasteiger partial charge on any atom is -0.0795 e. The summed E-state index contributed by atoms with van der Waals surface area (Å²) in [6.07, 6.45) is 5.64. The van der Waals surface area contributed by atoms with Gasteiger partial charge in [-0.1, -0.05) is 159 Å². The third kappa shape index (κ3) is 3.68. The molecule has 0 N–H and O–H groups in total. The molecular weight excluding hydrogens is 504 g/mol. The molecule has 0 spiro atoms. The largest absolute Gasteiger partial charge is 0.0795 e. The zero-order chi connectivity index (χ0) is 28.3. The van der Waals surface area contributed by atoms with Crippen molar-refractivity contribution in [1.82, 2.24) is 0 Å². The topological polar surface area (TPSA) is 0 Å². The highest BCUT2D eigenvalue weighted by Gasteiger charge is 2.35. The summed E-state index contributed by atoms with van der Waals surface area (Å²) >= 11 is 0. The second kappa shape index (κ2) is 9.57. The van der Waals surface area contributed by atoms with Crippen molar-refractivity contribution < 1.29 is 0 Å². The first-order valence-electron chi connectivity index (χ1n) is 14.9. The van der Waals surface area contributed by atoms with Gasteiger partial charge >= 0.3 is 0 Å². The molecule has 1 aliphatic carbocycles. The molecule has 0 atom stereocenters. The monoisotopic (exact) mass is 536 g/mol. The predicted molar refractivity (Wildman–Crippen MR) is 181 cm³/mol. The van der Waals surface area contributed by atoms with Gasteiger partial charge in [0.25, 0.3) is 0 Å². The normalized spacial score (nSPS) is 13.7. The summed E-state index contributed by atoms with van der Waals surface area (Å²) in [7, 11) is 0. The van der Waals surface area contributed by atoms with E-state index in [9.17, 15) is 0 Å². The molecule has 0 aromatic heterocycles. The van der Waals surface area contributed by atoms with E-state index in [4.69, 9.17) is 0 Å². The average molecular weight is 537 g/mol. The molecule has 0 radical (unpaired) electrons. The van der Waals surface area contributed by atoms with Crippen molar-refractivity contribution in [1.29, 1.82) is 0 Å². The van der Waals surface area contributed by atoms with Crippen LogP contribution in [0.4, 0.5) is 0 Å². The lowest BCUT2D eigenvalue weighted by molar-refractivity contribution is 0.660. The van der Waals surface area contributed by atoms with E-state index in [2.05, 4.69) is 159 Å². The molecule has 0 amide bonds. The molecule has 0 aliphatic heterocycles. The van der Waals surface area contributed by atoms with Crippen LogP contribution in [0.1, 0.15) is 36.1 Å². The van der Waals surface area contributed by atoms with Crippen molar-refractivity contribution in [2.75, 3.05) is 0 Å². The van der Waals surface area contributed by atoms with Crippen LogP contribution in [0, 0.1) is 0 Å². The Kier molecular flexibility index (Phi) is 5.66. The Balaban J connectivity index is 1.34. The summed E-state index contributed by atoms with van der Waals surface area (Å²) < 4.78 is 0. The molecule has 0 unspecified atom stereocenters. The lowest BCUT2D eigenvalue weighted by atomic mass is 9.82. The van der Waals surface area contributed by atoms with Gasteiger partial charge in [-0.2, -0.15) is 0 Å². The molecule has 0 saturated heterocycles. The molecule has 7 aromatic carbocycles. The number of benzene rings is 7. The first-order chi connectivity index (χ1) is 20.6. The molecule has 0 bridgehead atoms. The molecule has 8 rings (SSSR count). The zero-order valence-electron chi connectivity index (χ0n) is 24.1. The van der Waals surface area contributed by atoms with Crippen LogP contribution in [0.25, 0.3) is 60.6 Å². The Morgan fingerprint density at radius 3 is 2.07 bits per heavy atom. The second-order valence-electron chi connectivity index (χ2n) is 12.0. The Hall–Kier alpha value is -4.94. The van der Waals surface area contributed by atoms with Crippen LogP contribution >= 0.6 is 0 Å². The third-order valence-corrected chi connectivity index (χ3v) is 9.33. The van der Waals surface area contributed by atoms with Gasteiger partial charge in [0.1, 0.15) is 0 Å². The lowest BCUT2D eigenvalue weighted by Gasteiger charge is -2.21. The Morgan fingerprint density at radius 1 is 0.524 bits per heavy atom. The van der Waals surface area contributed by atoms with Crippen LogP contribution in [0.3, 0.4) is 0 Å². The van der Waals surface area contributed by atoms with Crippen LogP contribution in [-0.2, 0) is 11.8 Å². The van der Waals surface area contributed by atoms with Crippen molar-refractivity contribution in [3.05, 3.63) is 162 Å². The summed E-state index contributed by atoms with van der Waals surface area (Å²) in [5, 5.41) is 7.78. The number of allylic oxidation sites excluding steroid dienone is 1. The molecule has 200 valence electrons. The van der Waals surface area contributed by atoms with E-state index in [1.165, 1.54) is 76.8 Å². The summed E-state index contributed by atoms with van der Waals surface area (Å²) in [5.41, 5.74) is 10.9. The van der Waals surface area contributed by atoms with Gasteiger partial charge in [0.05, 0.1) is 0 Å². The standard InChI is InChI=1S/C42H32/c1-42(2)37-24-11-10-22-36(37)39-29(18-13-25-38(39)42)17-12-23-33-32-20-8-9-21-34(32)40(30-15-4-3-5-16-30)41-31-19-7-6-14-28(31)26-27-35(33)41/h3-16,18-27H,17H2,1-2H3/b23-12+. The molecule has 0 fully saturated rings. The van der Waals surface area contributed by atoms with Crippen molar-refractivity contribution >= 4 is 38.4 Å². The molecule has 1 aliphatic rings. The van der Waals surface area contributed by atoms with Crippen molar-refractivity contribution in [3.63, 3.8) is 0 Å². The van der Waals surface area contributed by atoms with Crippen molar-refractivity contribution in [2.24, 2.45) is 0 Å².